The first-order valence-corrected chi connectivity index (χ1v) is 11.6. The third-order valence-corrected chi connectivity index (χ3v) is 6.21. The van der Waals surface area contributed by atoms with Crippen molar-refractivity contribution in [1.82, 2.24) is 9.97 Å². The summed E-state index contributed by atoms with van der Waals surface area (Å²) in [6.45, 7) is 2.35. The third kappa shape index (κ3) is 4.54. The molecule has 0 spiro atoms. The zero-order valence-electron chi connectivity index (χ0n) is 18.0. The highest BCUT2D eigenvalue weighted by atomic mass is 32.3. The number of hydrogen-bond donors (Lipinski definition) is 1. The highest BCUT2D eigenvalue weighted by Crippen LogP contribution is 2.45. The molecule has 0 bridgehead atoms. The summed E-state index contributed by atoms with van der Waals surface area (Å²) in [6.07, 6.45) is 4.14. The molecule has 2 aromatic rings. The van der Waals surface area contributed by atoms with Crippen LogP contribution in [0.15, 0.2) is 29.5 Å². The lowest BCUT2D eigenvalue weighted by atomic mass is 9.74. The number of ether oxygens (including phenoxy) is 3. The number of nitrogens with zero attached hydrogens (tertiary/aromatic N) is 3. The van der Waals surface area contributed by atoms with Gasteiger partial charge in [-0.2, -0.15) is 8.42 Å². The van der Waals surface area contributed by atoms with Crippen molar-refractivity contribution in [3.8, 4) is 17.5 Å². The van der Waals surface area contributed by atoms with E-state index in [0.717, 1.165) is 22.4 Å². The van der Waals surface area contributed by atoms with E-state index in [1.54, 1.807) is 19.5 Å². The van der Waals surface area contributed by atoms with Gasteiger partial charge in [0, 0.05) is 29.4 Å². The van der Waals surface area contributed by atoms with Gasteiger partial charge in [0.05, 0.1) is 38.7 Å². The third-order valence-electron chi connectivity index (χ3n) is 5.69. The molecule has 1 fully saturated rings. The maximum absolute atomic E-state index is 11.3. The first-order valence-electron chi connectivity index (χ1n) is 10.3. The summed E-state index contributed by atoms with van der Waals surface area (Å²) in [4.78, 5) is 13.4. The molecule has 1 N–H and O–H groups in total. The lowest BCUT2D eigenvalue weighted by Gasteiger charge is -2.38. The van der Waals surface area contributed by atoms with Gasteiger partial charge < -0.3 is 14.2 Å². The van der Waals surface area contributed by atoms with Crippen molar-refractivity contribution in [1.29, 1.82) is 0 Å². The Balaban J connectivity index is 1.80. The summed E-state index contributed by atoms with van der Waals surface area (Å²) in [7, 11) is -1.47. The molecule has 3 atom stereocenters. The number of aliphatic imine (C=N–C) groups is 1. The van der Waals surface area contributed by atoms with Crippen LogP contribution >= 0.6 is 0 Å². The van der Waals surface area contributed by atoms with E-state index < -0.39 is 16.5 Å². The van der Waals surface area contributed by atoms with E-state index in [-0.39, 0.29) is 18.0 Å². The molecule has 0 saturated heterocycles. The fraction of sp³-hybridized carbons (Fsp3) is 0.476. The van der Waals surface area contributed by atoms with Gasteiger partial charge in [-0.25, -0.2) is 14.2 Å². The van der Waals surface area contributed by atoms with Crippen LogP contribution in [0.3, 0.4) is 0 Å². The van der Waals surface area contributed by atoms with Gasteiger partial charge in [-0.3, -0.25) is 9.55 Å². The minimum atomic E-state index is -4.54. The van der Waals surface area contributed by atoms with Crippen molar-refractivity contribution in [2.24, 2.45) is 4.99 Å². The predicted octanol–water partition coefficient (Wildman–Crippen LogP) is 2.57. The molecule has 1 aliphatic heterocycles. The maximum atomic E-state index is 11.3. The van der Waals surface area contributed by atoms with Crippen molar-refractivity contribution >= 4 is 16.1 Å². The average Bonchev–Trinajstić information content (AvgIpc) is 2.77. The second kappa shape index (κ2) is 9.00. The summed E-state index contributed by atoms with van der Waals surface area (Å²) in [5.74, 6) is 1.05. The van der Waals surface area contributed by atoms with Gasteiger partial charge in [-0.1, -0.05) is 0 Å². The van der Waals surface area contributed by atoms with Crippen LogP contribution < -0.4 is 14.2 Å². The Hall–Kier alpha value is -2.76. The molecule has 1 aromatic heterocycles. The SMILES string of the molecule is CCOc1cc2c(cc1OC)C(c1cnc(OC)nc1)=N[C@@H]1CC[C@@H](OS(=O)(=O)O)C[C@H]21. The van der Waals surface area contributed by atoms with Crippen LogP contribution in [0.4, 0.5) is 0 Å². The molecule has 1 aliphatic carbocycles. The Morgan fingerprint density at radius 1 is 1.09 bits per heavy atom. The van der Waals surface area contributed by atoms with Gasteiger partial charge in [0.1, 0.15) is 0 Å². The number of benzene rings is 1. The van der Waals surface area contributed by atoms with Crippen LogP contribution in [-0.2, 0) is 14.6 Å². The first kappa shape index (κ1) is 22.4. The molecule has 4 rings (SSSR count). The molecule has 2 aliphatic rings. The quantitative estimate of drug-likeness (QED) is 0.616. The normalized spacial score (nSPS) is 22.4. The highest BCUT2D eigenvalue weighted by molar-refractivity contribution is 7.80. The average molecular weight is 464 g/mol. The Labute approximate surface area is 186 Å². The molecule has 32 heavy (non-hydrogen) atoms. The van der Waals surface area contributed by atoms with Crippen molar-refractivity contribution < 1.29 is 31.4 Å². The lowest BCUT2D eigenvalue weighted by molar-refractivity contribution is 0.124. The van der Waals surface area contributed by atoms with Gasteiger partial charge >= 0.3 is 16.4 Å². The molecular formula is C21H25N3O7S. The number of hydrogen-bond acceptors (Lipinski definition) is 9. The maximum Gasteiger partial charge on any atom is 0.397 e. The van der Waals surface area contributed by atoms with Gasteiger partial charge in [-0.15, -0.1) is 0 Å². The van der Waals surface area contributed by atoms with Crippen molar-refractivity contribution in [2.75, 3.05) is 20.8 Å². The van der Waals surface area contributed by atoms with E-state index in [0.29, 0.717) is 37.4 Å². The van der Waals surface area contributed by atoms with Crippen molar-refractivity contribution in [3.05, 3.63) is 41.2 Å². The lowest BCUT2D eigenvalue weighted by Crippen LogP contribution is -2.36. The molecule has 1 aromatic carbocycles. The Morgan fingerprint density at radius 2 is 1.84 bits per heavy atom. The van der Waals surface area contributed by atoms with Crippen LogP contribution in [0.2, 0.25) is 0 Å². The van der Waals surface area contributed by atoms with E-state index in [2.05, 4.69) is 9.97 Å². The van der Waals surface area contributed by atoms with Crippen LogP contribution in [0.1, 0.15) is 48.8 Å². The summed E-state index contributed by atoms with van der Waals surface area (Å²) in [5.41, 5.74) is 3.23. The number of aromatic nitrogens is 2. The van der Waals surface area contributed by atoms with Gasteiger partial charge in [-0.05, 0) is 43.9 Å². The van der Waals surface area contributed by atoms with E-state index >= 15 is 0 Å². The summed E-state index contributed by atoms with van der Waals surface area (Å²) >= 11 is 0. The van der Waals surface area contributed by atoms with Gasteiger partial charge in [0.25, 0.3) is 0 Å². The molecule has 0 amide bonds. The zero-order chi connectivity index (χ0) is 22.9. The van der Waals surface area contributed by atoms with Crippen LogP contribution in [-0.4, -0.2) is 61.6 Å². The number of fused-ring (bicyclic) bond motifs is 3. The van der Waals surface area contributed by atoms with Crippen LogP contribution in [0.25, 0.3) is 0 Å². The van der Waals surface area contributed by atoms with Gasteiger partial charge in [0.2, 0.25) is 0 Å². The number of methoxy groups -OCH3 is 2. The second-order valence-electron chi connectivity index (χ2n) is 7.59. The molecule has 0 radical (unpaired) electrons. The Morgan fingerprint density at radius 3 is 2.47 bits per heavy atom. The van der Waals surface area contributed by atoms with E-state index in [9.17, 15) is 8.42 Å². The topological polar surface area (TPSA) is 129 Å². The first-order chi connectivity index (χ1) is 15.3. The Kier molecular flexibility index (Phi) is 6.31. The molecule has 11 heteroatoms. The molecule has 2 heterocycles. The largest absolute Gasteiger partial charge is 0.493 e. The summed E-state index contributed by atoms with van der Waals surface area (Å²) in [5, 5.41) is 0. The highest BCUT2D eigenvalue weighted by Gasteiger charge is 2.39. The van der Waals surface area contributed by atoms with E-state index in [1.165, 1.54) is 7.11 Å². The van der Waals surface area contributed by atoms with Crippen molar-refractivity contribution in [3.63, 3.8) is 0 Å². The van der Waals surface area contributed by atoms with E-state index in [1.807, 2.05) is 19.1 Å². The molecular weight excluding hydrogens is 438 g/mol. The van der Waals surface area contributed by atoms with Crippen molar-refractivity contribution in [2.45, 2.75) is 44.2 Å². The van der Waals surface area contributed by atoms with Crippen LogP contribution in [0, 0.1) is 0 Å². The van der Waals surface area contributed by atoms with Gasteiger partial charge in [0.15, 0.2) is 11.5 Å². The van der Waals surface area contributed by atoms with Crippen LogP contribution in [0.5, 0.6) is 17.5 Å². The molecule has 172 valence electrons. The second-order valence-corrected chi connectivity index (χ2v) is 8.64. The predicted molar refractivity (Wildman–Crippen MR) is 115 cm³/mol. The molecule has 10 nitrogen and oxygen atoms in total. The fourth-order valence-electron chi connectivity index (χ4n) is 4.39. The monoisotopic (exact) mass is 463 g/mol. The summed E-state index contributed by atoms with van der Waals surface area (Å²) in [6, 6.07) is 3.95. The molecule has 1 saturated carbocycles. The molecule has 0 unspecified atom stereocenters. The minimum absolute atomic E-state index is 0.0938. The Bertz CT molecular complexity index is 1120. The number of rotatable bonds is 7. The minimum Gasteiger partial charge on any atom is -0.493 e. The fourth-order valence-corrected chi connectivity index (χ4v) is 4.91. The smallest absolute Gasteiger partial charge is 0.397 e. The zero-order valence-corrected chi connectivity index (χ0v) is 18.8. The standard InChI is InChI=1S/C21H25N3O7S/c1-4-30-19-8-14-15-7-13(31-32(25,26)27)5-6-17(15)24-20(16(14)9-18(19)28-2)12-10-22-21(29-3)23-11-12/h8-11,13,15,17H,4-7H2,1-3H3,(H,25,26,27)/t13-,15-,17-/m1/s1. The van der Waals surface area contributed by atoms with E-state index in [4.69, 9.17) is 27.9 Å². The summed E-state index contributed by atoms with van der Waals surface area (Å²) < 4.78 is 52.9.